The normalized spacial score (nSPS) is 10.3. The van der Waals surface area contributed by atoms with Gasteiger partial charge in [0.2, 0.25) is 0 Å². The van der Waals surface area contributed by atoms with Crippen molar-refractivity contribution in [2.45, 2.75) is 26.7 Å². The smallest absolute Gasteiger partial charge is 0.0441 e. The summed E-state index contributed by atoms with van der Waals surface area (Å²) < 4.78 is 0. The minimum Gasteiger partial charge on any atom is -0.0840 e. The van der Waals surface area contributed by atoms with Crippen LogP contribution in [0.2, 0.25) is 10.0 Å². The molecule has 0 aromatic heterocycles. The molecule has 0 atom stereocenters. The molecule has 2 heteroatoms. The second-order valence-electron chi connectivity index (χ2n) is 2.69. The van der Waals surface area contributed by atoms with Crippen LogP contribution in [-0.2, 0) is 12.8 Å². The number of hydrogen-bond donors (Lipinski definition) is 0. The van der Waals surface area contributed by atoms with Crippen LogP contribution in [0, 0.1) is 0 Å². The molecule has 0 nitrogen and oxygen atoms in total. The Morgan fingerprint density at radius 3 is 1.50 bits per heavy atom. The summed E-state index contributed by atoms with van der Waals surface area (Å²) in [4.78, 5) is 0. The molecule has 0 amide bonds. The van der Waals surface area contributed by atoms with Gasteiger partial charge in [-0.05, 0) is 36.1 Å². The van der Waals surface area contributed by atoms with Crippen molar-refractivity contribution in [3.8, 4) is 0 Å². The Morgan fingerprint density at radius 1 is 0.917 bits per heavy atom. The highest BCUT2D eigenvalue weighted by atomic mass is 35.5. The lowest BCUT2D eigenvalue weighted by molar-refractivity contribution is 1.04. The Morgan fingerprint density at radius 2 is 1.25 bits per heavy atom. The van der Waals surface area contributed by atoms with Gasteiger partial charge in [-0.2, -0.15) is 0 Å². The van der Waals surface area contributed by atoms with Gasteiger partial charge >= 0.3 is 0 Å². The topological polar surface area (TPSA) is 0 Å². The van der Waals surface area contributed by atoms with E-state index in [1.807, 2.05) is 12.1 Å². The summed E-state index contributed by atoms with van der Waals surface area (Å²) in [5, 5.41) is 1.66. The standard InChI is InChI=1S/C10H12Cl2/c1-3-7-8(4-2)10(12)6-5-9(7)11/h5-6H,3-4H2,1-2H3. The van der Waals surface area contributed by atoms with Gasteiger partial charge in [0.05, 0.1) is 0 Å². The molecule has 0 N–H and O–H groups in total. The van der Waals surface area contributed by atoms with Crippen LogP contribution in [0.1, 0.15) is 25.0 Å². The van der Waals surface area contributed by atoms with E-state index in [1.165, 1.54) is 11.1 Å². The molecule has 1 aromatic carbocycles. The SMILES string of the molecule is CCc1c(Cl)ccc(Cl)c1CC. The molecule has 1 rings (SSSR count). The zero-order valence-electron chi connectivity index (χ0n) is 7.32. The van der Waals surface area contributed by atoms with Crippen LogP contribution < -0.4 is 0 Å². The van der Waals surface area contributed by atoms with Gasteiger partial charge in [0.25, 0.3) is 0 Å². The monoisotopic (exact) mass is 202 g/mol. The number of benzene rings is 1. The zero-order valence-corrected chi connectivity index (χ0v) is 8.84. The lowest BCUT2D eigenvalue weighted by Crippen LogP contribution is -1.93. The van der Waals surface area contributed by atoms with E-state index in [0.717, 1.165) is 22.9 Å². The lowest BCUT2D eigenvalue weighted by atomic mass is 10.0. The fraction of sp³-hybridized carbons (Fsp3) is 0.400. The van der Waals surface area contributed by atoms with Crippen LogP contribution in [-0.4, -0.2) is 0 Å². The maximum absolute atomic E-state index is 6.02. The Labute approximate surface area is 83.5 Å². The van der Waals surface area contributed by atoms with Crippen LogP contribution in [0.3, 0.4) is 0 Å². The van der Waals surface area contributed by atoms with Gasteiger partial charge in [-0.3, -0.25) is 0 Å². The van der Waals surface area contributed by atoms with Crippen molar-refractivity contribution in [3.63, 3.8) is 0 Å². The van der Waals surface area contributed by atoms with Crippen LogP contribution in [0.4, 0.5) is 0 Å². The van der Waals surface area contributed by atoms with Crippen LogP contribution in [0.5, 0.6) is 0 Å². The molecule has 12 heavy (non-hydrogen) atoms. The van der Waals surface area contributed by atoms with Crippen molar-refractivity contribution >= 4 is 23.2 Å². The molecular formula is C10H12Cl2. The average Bonchev–Trinajstić information content (AvgIpc) is 2.08. The molecule has 0 bridgehead atoms. The highest BCUT2D eigenvalue weighted by Gasteiger charge is 2.07. The van der Waals surface area contributed by atoms with E-state index in [2.05, 4.69) is 13.8 Å². The van der Waals surface area contributed by atoms with Crippen molar-refractivity contribution in [2.24, 2.45) is 0 Å². The van der Waals surface area contributed by atoms with E-state index >= 15 is 0 Å². The van der Waals surface area contributed by atoms with E-state index in [4.69, 9.17) is 23.2 Å². The fourth-order valence-corrected chi connectivity index (χ4v) is 2.02. The van der Waals surface area contributed by atoms with E-state index < -0.39 is 0 Å². The summed E-state index contributed by atoms with van der Waals surface area (Å²) in [5.41, 5.74) is 2.37. The van der Waals surface area contributed by atoms with Gasteiger partial charge in [0.1, 0.15) is 0 Å². The molecule has 66 valence electrons. The summed E-state index contributed by atoms with van der Waals surface area (Å²) in [7, 11) is 0. The van der Waals surface area contributed by atoms with Gasteiger partial charge in [-0.15, -0.1) is 0 Å². The minimum absolute atomic E-state index is 0.832. The van der Waals surface area contributed by atoms with Gasteiger partial charge in [-0.1, -0.05) is 37.0 Å². The number of halogens is 2. The summed E-state index contributed by atoms with van der Waals surface area (Å²) in [6, 6.07) is 3.73. The lowest BCUT2D eigenvalue weighted by Gasteiger charge is -2.09. The van der Waals surface area contributed by atoms with E-state index in [0.29, 0.717) is 0 Å². The molecule has 0 aliphatic heterocycles. The van der Waals surface area contributed by atoms with Crippen molar-refractivity contribution < 1.29 is 0 Å². The van der Waals surface area contributed by atoms with Crippen LogP contribution in [0.15, 0.2) is 12.1 Å². The van der Waals surface area contributed by atoms with Gasteiger partial charge in [-0.25, -0.2) is 0 Å². The first kappa shape index (κ1) is 9.88. The predicted molar refractivity (Wildman–Crippen MR) is 55.2 cm³/mol. The number of rotatable bonds is 2. The molecule has 0 fully saturated rings. The third kappa shape index (κ3) is 1.75. The zero-order chi connectivity index (χ0) is 9.14. The minimum atomic E-state index is 0.832. The second kappa shape index (κ2) is 4.15. The van der Waals surface area contributed by atoms with Gasteiger partial charge in [0, 0.05) is 10.0 Å². The molecule has 0 aliphatic carbocycles. The Kier molecular flexibility index (Phi) is 3.42. The van der Waals surface area contributed by atoms with Crippen molar-refractivity contribution in [1.29, 1.82) is 0 Å². The van der Waals surface area contributed by atoms with Crippen molar-refractivity contribution in [2.75, 3.05) is 0 Å². The first-order chi connectivity index (χ1) is 5.70. The third-order valence-electron chi connectivity index (χ3n) is 2.02. The molecule has 0 saturated heterocycles. The van der Waals surface area contributed by atoms with Crippen molar-refractivity contribution in [1.82, 2.24) is 0 Å². The Balaban J connectivity index is 3.28. The molecule has 0 saturated carbocycles. The first-order valence-corrected chi connectivity index (χ1v) is 4.92. The average molecular weight is 203 g/mol. The maximum atomic E-state index is 6.02. The van der Waals surface area contributed by atoms with Crippen LogP contribution in [0.25, 0.3) is 0 Å². The van der Waals surface area contributed by atoms with Crippen LogP contribution >= 0.6 is 23.2 Å². The molecule has 1 aromatic rings. The highest BCUT2D eigenvalue weighted by Crippen LogP contribution is 2.27. The maximum Gasteiger partial charge on any atom is 0.0441 e. The Bertz CT molecular complexity index is 250. The molecule has 0 aliphatic rings. The first-order valence-electron chi connectivity index (χ1n) is 4.16. The second-order valence-corrected chi connectivity index (χ2v) is 3.51. The highest BCUT2D eigenvalue weighted by molar-refractivity contribution is 6.34. The van der Waals surface area contributed by atoms with E-state index in [-0.39, 0.29) is 0 Å². The van der Waals surface area contributed by atoms with E-state index in [9.17, 15) is 0 Å². The summed E-state index contributed by atoms with van der Waals surface area (Å²) >= 11 is 12.0. The van der Waals surface area contributed by atoms with Gasteiger partial charge in [0.15, 0.2) is 0 Å². The fourth-order valence-electron chi connectivity index (χ4n) is 1.40. The summed E-state index contributed by atoms with van der Waals surface area (Å²) in [6.45, 7) is 4.19. The molecule has 0 spiro atoms. The van der Waals surface area contributed by atoms with Gasteiger partial charge < -0.3 is 0 Å². The molecule has 0 radical (unpaired) electrons. The molecular weight excluding hydrogens is 191 g/mol. The number of hydrogen-bond acceptors (Lipinski definition) is 0. The quantitative estimate of drug-likeness (QED) is 0.678. The van der Waals surface area contributed by atoms with Crippen molar-refractivity contribution in [3.05, 3.63) is 33.3 Å². The largest absolute Gasteiger partial charge is 0.0840 e. The molecule has 0 heterocycles. The summed E-state index contributed by atoms with van der Waals surface area (Å²) in [5.74, 6) is 0. The van der Waals surface area contributed by atoms with E-state index in [1.54, 1.807) is 0 Å². The third-order valence-corrected chi connectivity index (χ3v) is 2.73. The summed E-state index contributed by atoms with van der Waals surface area (Å²) in [6.07, 6.45) is 1.89. The molecule has 0 unspecified atom stereocenters. The Hall–Kier alpha value is -0.200. The predicted octanol–water partition coefficient (Wildman–Crippen LogP) is 4.12.